The van der Waals surface area contributed by atoms with Gasteiger partial charge in [-0.2, -0.15) is 0 Å². The summed E-state index contributed by atoms with van der Waals surface area (Å²) in [5, 5.41) is 3.15. The molecule has 0 radical (unpaired) electrons. The van der Waals surface area contributed by atoms with Crippen LogP contribution in [0, 0.1) is 6.92 Å². The fourth-order valence-electron chi connectivity index (χ4n) is 3.15. The first-order valence-electron chi connectivity index (χ1n) is 10.0. The zero-order valence-corrected chi connectivity index (χ0v) is 18.0. The van der Waals surface area contributed by atoms with E-state index in [1.165, 1.54) is 17.3 Å². The van der Waals surface area contributed by atoms with Crippen LogP contribution >= 0.6 is 11.8 Å². The molecule has 1 aliphatic heterocycles. The van der Waals surface area contributed by atoms with E-state index in [1.54, 1.807) is 4.90 Å². The highest BCUT2D eigenvalue weighted by Gasteiger charge is 2.38. The zero-order valence-electron chi connectivity index (χ0n) is 17.1. The first-order valence-corrected chi connectivity index (χ1v) is 10.9. The second-order valence-corrected chi connectivity index (χ2v) is 8.25. The van der Waals surface area contributed by atoms with Crippen LogP contribution in [0.1, 0.15) is 37.8 Å². The molecule has 152 valence electrons. The molecule has 0 spiro atoms. The Balaban J connectivity index is 1.73. The van der Waals surface area contributed by atoms with Crippen molar-refractivity contribution in [2.45, 2.75) is 45.3 Å². The van der Waals surface area contributed by atoms with Gasteiger partial charge in [0.05, 0.1) is 5.69 Å². The number of hydrogen-bond acceptors (Lipinski definition) is 4. The molecule has 29 heavy (non-hydrogen) atoms. The maximum absolute atomic E-state index is 12.9. The van der Waals surface area contributed by atoms with Gasteiger partial charge in [-0.05, 0) is 49.1 Å². The predicted molar refractivity (Wildman–Crippen MR) is 121 cm³/mol. The maximum atomic E-state index is 12.9. The van der Waals surface area contributed by atoms with E-state index in [1.807, 2.05) is 50.2 Å². The highest BCUT2D eigenvalue weighted by Crippen LogP contribution is 2.32. The summed E-state index contributed by atoms with van der Waals surface area (Å²) in [6.07, 6.45) is 1.94. The third kappa shape index (κ3) is 5.26. The molecule has 1 N–H and O–H groups in total. The molecule has 1 saturated heterocycles. The molecule has 6 heteroatoms. The molecule has 0 aliphatic carbocycles. The number of aryl methyl sites for hydroxylation is 2. The van der Waals surface area contributed by atoms with Crippen LogP contribution in [0.3, 0.4) is 0 Å². The number of carbonyl (C=O) groups is 2. The molecular weight excluding hydrogens is 382 g/mol. The highest BCUT2D eigenvalue weighted by atomic mass is 32.2. The Bertz CT molecular complexity index is 909. The monoisotopic (exact) mass is 409 g/mol. The summed E-state index contributed by atoms with van der Waals surface area (Å²) in [6.45, 7) is 6.70. The minimum absolute atomic E-state index is 0.0410. The van der Waals surface area contributed by atoms with Crippen molar-refractivity contribution < 1.29 is 9.59 Å². The molecule has 2 amide bonds. The first kappa shape index (κ1) is 21.1. The molecule has 0 aromatic heterocycles. The number of benzene rings is 2. The number of aliphatic imine (C=N–C) groups is 1. The molecule has 1 heterocycles. The van der Waals surface area contributed by atoms with E-state index in [0.29, 0.717) is 11.7 Å². The quantitative estimate of drug-likeness (QED) is 0.705. The van der Waals surface area contributed by atoms with Gasteiger partial charge in [0.1, 0.15) is 5.25 Å². The molecule has 1 aliphatic rings. The Morgan fingerprint density at radius 2 is 1.86 bits per heavy atom. The summed E-state index contributed by atoms with van der Waals surface area (Å²) in [5.74, 6) is -0.198. The van der Waals surface area contributed by atoms with Crippen molar-refractivity contribution in [2.24, 2.45) is 4.99 Å². The number of anilines is 1. The lowest BCUT2D eigenvalue weighted by Gasteiger charge is -2.15. The van der Waals surface area contributed by atoms with Gasteiger partial charge in [-0.3, -0.25) is 14.5 Å². The number of thioether (sulfide) groups is 1. The van der Waals surface area contributed by atoms with E-state index in [4.69, 9.17) is 4.99 Å². The first-order chi connectivity index (χ1) is 14.0. The second kappa shape index (κ2) is 9.74. The molecule has 2 aromatic carbocycles. The molecule has 0 bridgehead atoms. The fourth-order valence-corrected chi connectivity index (χ4v) is 4.34. The van der Waals surface area contributed by atoms with Crippen molar-refractivity contribution in [2.75, 3.05) is 11.9 Å². The molecular formula is C23H27N3O2S. The lowest BCUT2D eigenvalue weighted by Crippen LogP contribution is -2.34. The molecule has 5 nitrogen and oxygen atoms in total. The van der Waals surface area contributed by atoms with Crippen LogP contribution in [0.15, 0.2) is 53.5 Å². The molecule has 2 aromatic rings. The standard InChI is InChI=1S/C23H27N3O2S/c1-4-14-26-22(28)20(15-21(27)25-19-9-7-6-8-16(19)3)29-23(26)24-18-12-10-17(5-2)11-13-18/h6-13,20H,4-5,14-15H2,1-3H3,(H,25,27)/t20-/m0/s1. The van der Waals surface area contributed by atoms with Gasteiger partial charge in [-0.15, -0.1) is 0 Å². The number of hydrogen-bond donors (Lipinski definition) is 1. The summed E-state index contributed by atoms with van der Waals surface area (Å²) in [5.41, 5.74) is 3.85. The van der Waals surface area contributed by atoms with Gasteiger partial charge >= 0.3 is 0 Å². The number of nitrogens with one attached hydrogen (secondary N) is 1. The largest absolute Gasteiger partial charge is 0.326 e. The van der Waals surface area contributed by atoms with E-state index in [2.05, 4.69) is 24.4 Å². The summed E-state index contributed by atoms with van der Waals surface area (Å²) in [6, 6.07) is 15.7. The Labute approximate surface area is 176 Å². The van der Waals surface area contributed by atoms with Gasteiger partial charge in [-0.1, -0.05) is 55.9 Å². The lowest BCUT2D eigenvalue weighted by atomic mass is 10.2. The van der Waals surface area contributed by atoms with E-state index < -0.39 is 5.25 Å². The van der Waals surface area contributed by atoms with E-state index in [-0.39, 0.29) is 18.2 Å². The van der Waals surface area contributed by atoms with Crippen molar-refractivity contribution in [3.8, 4) is 0 Å². The number of amidine groups is 1. The number of rotatable bonds is 7. The van der Waals surface area contributed by atoms with E-state index >= 15 is 0 Å². The van der Waals surface area contributed by atoms with Crippen LogP contribution in [0.2, 0.25) is 0 Å². The maximum Gasteiger partial charge on any atom is 0.242 e. The minimum Gasteiger partial charge on any atom is -0.326 e. The third-order valence-corrected chi connectivity index (χ3v) is 6.00. The van der Waals surface area contributed by atoms with E-state index in [0.717, 1.165) is 29.8 Å². The van der Waals surface area contributed by atoms with Gasteiger partial charge in [0.15, 0.2) is 5.17 Å². The minimum atomic E-state index is -0.445. The van der Waals surface area contributed by atoms with Crippen molar-refractivity contribution in [3.63, 3.8) is 0 Å². The Morgan fingerprint density at radius 1 is 1.14 bits per heavy atom. The Morgan fingerprint density at radius 3 is 2.52 bits per heavy atom. The van der Waals surface area contributed by atoms with Crippen LogP contribution < -0.4 is 5.32 Å². The van der Waals surface area contributed by atoms with E-state index in [9.17, 15) is 9.59 Å². The summed E-state index contributed by atoms with van der Waals surface area (Å²) >= 11 is 1.38. The Kier molecular flexibility index (Phi) is 7.09. The van der Waals surface area contributed by atoms with Gasteiger partial charge in [-0.25, -0.2) is 4.99 Å². The van der Waals surface area contributed by atoms with Crippen LogP contribution in [0.5, 0.6) is 0 Å². The smallest absolute Gasteiger partial charge is 0.242 e. The summed E-state index contributed by atoms with van der Waals surface area (Å²) in [4.78, 5) is 31.8. The average Bonchev–Trinajstić information content (AvgIpc) is 2.99. The molecule has 1 fully saturated rings. The van der Waals surface area contributed by atoms with Crippen molar-refractivity contribution in [1.29, 1.82) is 0 Å². The third-order valence-electron chi connectivity index (χ3n) is 4.83. The number of para-hydroxylation sites is 1. The SMILES string of the molecule is CCCN1C(=O)[C@H](CC(=O)Nc2ccccc2C)SC1=Nc1ccc(CC)cc1. The van der Waals surface area contributed by atoms with Crippen LogP contribution in [-0.4, -0.2) is 33.7 Å². The fraction of sp³-hybridized carbons (Fsp3) is 0.348. The van der Waals surface area contributed by atoms with Crippen LogP contribution in [0.25, 0.3) is 0 Å². The van der Waals surface area contributed by atoms with Gasteiger partial charge in [0.2, 0.25) is 11.8 Å². The van der Waals surface area contributed by atoms with Crippen LogP contribution in [-0.2, 0) is 16.0 Å². The average molecular weight is 410 g/mol. The van der Waals surface area contributed by atoms with Gasteiger partial charge in [0.25, 0.3) is 0 Å². The Hall–Kier alpha value is -2.60. The molecule has 1 atom stereocenters. The van der Waals surface area contributed by atoms with Gasteiger partial charge in [0, 0.05) is 18.7 Å². The number of carbonyl (C=O) groups excluding carboxylic acids is 2. The normalized spacial score (nSPS) is 17.8. The summed E-state index contributed by atoms with van der Waals surface area (Å²) in [7, 11) is 0. The van der Waals surface area contributed by atoms with Crippen LogP contribution in [0.4, 0.5) is 11.4 Å². The van der Waals surface area contributed by atoms with Crippen molar-refractivity contribution in [1.82, 2.24) is 4.90 Å². The number of amides is 2. The van der Waals surface area contributed by atoms with Crippen molar-refractivity contribution >= 4 is 40.1 Å². The predicted octanol–water partition coefficient (Wildman–Crippen LogP) is 4.93. The molecule has 0 unspecified atom stereocenters. The topological polar surface area (TPSA) is 61.8 Å². The number of nitrogens with zero attached hydrogens (tertiary/aromatic N) is 2. The second-order valence-electron chi connectivity index (χ2n) is 7.08. The summed E-state index contributed by atoms with van der Waals surface area (Å²) < 4.78 is 0. The highest BCUT2D eigenvalue weighted by molar-refractivity contribution is 8.15. The molecule has 3 rings (SSSR count). The van der Waals surface area contributed by atoms with Crippen molar-refractivity contribution in [3.05, 3.63) is 59.7 Å². The van der Waals surface area contributed by atoms with Gasteiger partial charge < -0.3 is 5.32 Å². The lowest BCUT2D eigenvalue weighted by molar-refractivity contribution is -0.128. The zero-order chi connectivity index (χ0) is 20.8. The molecule has 0 saturated carbocycles.